The van der Waals surface area contributed by atoms with E-state index in [2.05, 4.69) is 20.6 Å². The Kier molecular flexibility index (Phi) is 6.76. The monoisotopic (exact) mass is 406 g/mol. The normalized spacial score (nSPS) is 43.3. The Morgan fingerprint density at radius 2 is 1.66 bits per heavy atom. The number of fused-ring (bicyclic) bond motifs is 1. The van der Waals surface area contributed by atoms with Crippen LogP contribution in [-0.4, -0.2) is 78.6 Å². The first kappa shape index (κ1) is 20.7. The summed E-state index contributed by atoms with van der Waals surface area (Å²) >= 11 is 0. The Morgan fingerprint density at radius 1 is 0.862 bits per heavy atom. The highest BCUT2D eigenvalue weighted by Gasteiger charge is 2.49. The molecule has 2 saturated carbocycles. The number of hydrogen-bond acceptors (Lipinski definition) is 6. The van der Waals surface area contributed by atoms with Crippen molar-refractivity contribution in [3.05, 3.63) is 0 Å². The molecule has 2 aliphatic carbocycles. The quantitative estimate of drug-likeness (QED) is 0.663. The summed E-state index contributed by atoms with van der Waals surface area (Å²) in [5.41, 5.74) is 3.46. The van der Waals surface area contributed by atoms with Gasteiger partial charge in [0.1, 0.15) is 0 Å². The van der Waals surface area contributed by atoms with Crippen molar-refractivity contribution in [1.29, 1.82) is 0 Å². The maximum absolute atomic E-state index is 10.8. The highest BCUT2D eigenvalue weighted by atomic mass is 16.7. The lowest BCUT2D eigenvalue weighted by Crippen LogP contribution is -2.57. The summed E-state index contributed by atoms with van der Waals surface area (Å²) in [5.74, 6) is 1.63. The van der Waals surface area contributed by atoms with Crippen LogP contribution in [-0.2, 0) is 4.84 Å². The molecule has 0 aromatic heterocycles. The van der Waals surface area contributed by atoms with E-state index in [1.807, 2.05) is 0 Å². The molecular weight excluding hydrogens is 364 g/mol. The highest BCUT2D eigenvalue weighted by molar-refractivity contribution is 4.99. The lowest BCUT2D eigenvalue weighted by atomic mass is 9.69. The third-order valence-electron chi connectivity index (χ3n) is 8.69. The summed E-state index contributed by atoms with van der Waals surface area (Å²) in [7, 11) is 0. The molecule has 6 heteroatoms. The van der Waals surface area contributed by atoms with Gasteiger partial charge in [-0.25, -0.2) is 0 Å². The molecule has 6 unspecified atom stereocenters. The van der Waals surface area contributed by atoms with Gasteiger partial charge >= 0.3 is 0 Å². The van der Waals surface area contributed by atoms with Crippen LogP contribution >= 0.6 is 0 Å². The van der Waals surface area contributed by atoms with Gasteiger partial charge in [-0.15, -0.1) is 0 Å². The second kappa shape index (κ2) is 9.49. The molecule has 3 heterocycles. The van der Waals surface area contributed by atoms with Gasteiger partial charge in [-0.05, 0) is 57.4 Å². The van der Waals surface area contributed by atoms with Crippen LogP contribution < -0.4 is 10.8 Å². The molecule has 0 spiro atoms. The molecule has 0 bridgehead atoms. The van der Waals surface area contributed by atoms with E-state index in [9.17, 15) is 5.11 Å². The van der Waals surface area contributed by atoms with Gasteiger partial charge in [-0.2, -0.15) is 5.48 Å². The first-order chi connectivity index (χ1) is 14.3. The third-order valence-corrected chi connectivity index (χ3v) is 8.69. The summed E-state index contributed by atoms with van der Waals surface area (Å²) in [4.78, 5) is 11.4. The summed E-state index contributed by atoms with van der Waals surface area (Å²) in [5, 5.41) is 14.5. The smallest absolute Gasteiger partial charge is 0.0899 e. The predicted molar refractivity (Wildman–Crippen MR) is 114 cm³/mol. The number of aliphatic hydroxyl groups is 1. The molecular formula is C23H42N4O2. The summed E-state index contributed by atoms with van der Waals surface area (Å²) in [6.07, 6.45) is 13.5. The van der Waals surface area contributed by atoms with Crippen molar-refractivity contribution >= 4 is 0 Å². The Balaban J connectivity index is 1.15. The highest BCUT2D eigenvalue weighted by Crippen LogP contribution is 2.42. The van der Waals surface area contributed by atoms with Gasteiger partial charge in [0.15, 0.2) is 0 Å². The van der Waals surface area contributed by atoms with Crippen molar-refractivity contribution in [2.45, 2.75) is 88.6 Å². The zero-order chi connectivity index (χ0) is 19.6. The van der Waals surface area contributed by atoms with Gasteiger partial charge in [0.2, 0.25) is 0 Å². The fourth-order valence-corrected chi connectivity index (χ4v) is 6.95. The molecule has 0 amide bonds. The molecule has 5 rings (SSSR count). The Bertz CT molecular complexity index is 515. The molecule has 0 aromatic rings. The first-order valence-corrected chi connectivity index (χ1v) is 12.6. The minimum absolute atomic E-state index is 0.198. The second-order valence-corrected chi connectivity index (χ2v) is 10.4. The molecule has 6 nitrogen and oxygen atoms in total. The van der Waals surface area contributed by atoms with Gasteiger partial charge in [-0.1, -0.05) is 19.3 Å². The molecule has 6 atom stereocenters. The van der Waals surface area contributed by atoms with Crippen LogP contribution in [0.3, 0.4) is 0 Å². The largest absolute Gasteiger partial charge is 0.393 e. The number of hydroxylamine groups is 1. The zero-order valence-electron chi connectivity index (χ0n) is 18.1. The number of piperazine rings is 1. The minimum atomic E-state index is -0.207. The lowest BCUT2D eigenvalue weighted by Gasteiger charge is -2.44. The number of piperidine rings is 1. The van der Waals surface area contributed by atoms with Gasteiger partial charge < -0.3 is 15.3 Å². The van der Waals surface area contributed by atoms with E-state index in [0.717, 1.165) is 51.5 Å². The van der Waals surface area contributed by atoms with Crippen molar-refractivity contribution in [3.8, 4) is 0 Å². The maximum Gasteiger partial charge on any atom is 0.0899 e. The van der Waals surface area contributed by atoms with Crippen LogP contribution in [0.25, 0.3) is 0 Å². The third kappa shape index (κ3) is 4.53. The Morgan fingerprint density at radius 3 is 2.41 bits per heavy atom. The second-order valence-electron chi connectivity index (χ2n) is 10.4. The van der Waals surface area contributed by atoms with E-state index in [1.165, 1.54) is 57.9 Å². The minimum Gasteiger partial charge on any atom is -0.393 e. The molecule has 5 aliphatic rings. The van der Waals surface area contributed by atoms with Crippen molar-refractivity contribution in [1.82, 2.24) is 20.6 Å². The maximum atomic E-state index is 10.8. The van der Waals surface area contributed by atoms with Gasteiger partial charge in [0.25, 0.3) is 0 Å². The zero-order valence-corrected chi connectivity index (χ0v) is 18.1. The number of rotatable bonds is 4. The van der Waals surface area contributed by atoms with Crippen molar-refractivity contribution in [2.24, 2.45) is 17.8 Å². The number of hydrogen-bond donors (Lipinski definition) is 3. The van der Waals surface area contributed by atoms with Crippen molar-refractivity contribution < 1.29 is 9.94 Å². The van der Waals surface area contributed by atoms with Crippen LogP contribution in [0.5, 0.6) is 0 Å². The molecule has 0 aromatic carbocycles. The fourth-order valence-electron chi connectivity index (χ4n) is 6.95. The molecule has 0 radical (unpaired) electrons. The van der Waals surface area contributed by atoms with E-state index in [0.29, 0.717) is 18.1 Å². The average molecular weight is 407 g/mol. The van der Waals surface area contributed by atoms with E-state index in [4.69, 9.17) is 4.84 Å². The Hall–Kier alpha value is -0.240. The average Bonchev–Trinajstić information content (AvgIpc) is 3.22. The van der Waals surface area contributed by atoms with E-state index in [-0.39, 0.29) is 18.1 Å². The standard InChI is InChI=1S/C23H42N4O2/c28-20-10-9-18-22(17-6-2-1-3-7-17)25-29-23(18)19(20)16-26-12-14-27(15-13-26)21-8-4-5-11-24-21/h17-25,28H,1-16H2. The van der Waals surface area contributed by atoms with Crippen LogP contribution in [0.2, 0.25) is 0 Å². The van der Waals surface area contributed by atoms with E-state index in [1.54, 1.807) is 0 Å². The molecule has 166 valence electrons. The molecule has 29 heavy (non-hydrogen) atoms. The van der Waals surface area contributed by atoms with Crippen molar-refractivity contribution in [3.63, 3.8) is 0 Å². The molecule has 3 aliphatic heterocycles. The molecule has 5 fully saturated rings. The SMILES string of the molecule is OC1CCC2C(C3CCCCC3)NOC2C1CN1CCN(C2CCCCN2)CC1. The topological polar surface area (TPSA) is 60.0 Å². The van der Waals surface area contributed by atoms with Crippen LogP contribution in [0.4, 0.5) is 0 Å². The van der Waals surface area contributed by atoms with Crippen molar-refractivity contribution in [2.75, 3.05) is 39.3 Å². The van der Waals surface area contributed by atoms with Crippen LogP contribution in [0, 0.1) is 17.8 Å². The summed E-state index contributed by atoms with van der Waals surface area (Å²) < 4.78 is 0. The molecule has 3 N–H and O–H groups in total. The van der Waals surface area contributed by atoms with E-state index >= 15 is 0 Å². The lowest BCUT2D eigenvalue weighted by molar-refractivity contribution is -0.0886. The number of aliphatic hydroxyl groups excluding tert-OH is 1. The number of nitrogens with zero attached hydrogens (tertiary/aromatic N) is 2. The van der Waals surface area contributed by atoms with Gasteiger partial charge in [-0.3, -0.25) is 9.74 Å². The van der Waals surface area contributed by atoms with Crippen LogP contribution in [0.15, 0.2) is 0 Å². The van der Waals surface area contributed by atoms with Crippen LogP contribution in [0.1, 0.15) is 64.2 Å². The first-order valence-electron chi connectivity index (χ1n) is 12.6. The van der Waals surface area contributed by atoms with Gasteiger partial charge in [0.05, 0.1) is 18.4 Å². The van der Waals surface area contributed by atoms with Gasteiger partial charge in [0, 0.05) is 50.6 Å². The Labute approximate surface area is 176 Å². The van der Waals surface area contributed by atoms with E-state index < -0.39 is 0 Å². The number of nitrogens with one attached hydrogen (secondary N) is 2. The molecule has 3 saturated heterocycles. The summed E-state index contributed by atoms with van der Waals surface area (Å²) in [6.45, 7) is 6.72. The summed E-state index contributed by atoms with van der Waals surface area (Å²) in [6, 6.07) is 0.518. The predicted octanol–water partition coefficient (Wildman–Crippen LogP) is 1.94. The fraction of sp³-hybridized carbons (Fsp3) is 1.00.